The van der Waals surface area contributed by atoms with Crippen molar-refractivity contribution in [1.29, 1.82) is 0 Å². The van der Waals surface area contributed by atoms with E-state index in [-0.39, 0.29) is 11.8 Å². The smallest absolute Gasteiger partial charge is 0.269 e. The first-order valence-corrected chi connectivity index (χ1v) is 6.17. The molecule has 0 radical (unpaired) electrons. The molecule has 98 valence electrons. The van der Waals surface area contributed by atoms with Crippen LogP contribution in [0.2, 0.25) is 0 Å². The van der Waals surface area contributed by atoms with Crippen molar-refractivity contribution < 1.29 is 9.59 Å². The van der Waals surface area contributed by atoms with E-state index in [1.165, 1.54) is 13.1 Å². The molecule has 0 unspecified atom stereocenters. The Labute approximate surface area is 113 Å². The normalized spacial score (nSPS) is 10.0. The molecule has 0 aliphatic carbocycles. The molecule has 0 atom stereocenters. The van der Waals surface area contributed by atoms with Gasteiger partial charge in [0.05, 0.1) is 17.6 Å². The van der Waals surface area contributed by atoms with Crippen LogP contribution in [-0.4, -0.2) is 26.4 Å². The molecule has 0 aliphatic rings. The fourth-order valence-corrected chi connectivity index (χ4v) is 1.90. The van der Waals surface area contributed by atoms with Gasteiger partial charge in [-0.3, -0.25) is 9.59 Å². The van der Waals surface area contributed by atoms with E-state index in [9.17, 15) is 9.59 Å². The predicted octanol–water partition coefficient (Wildman–Crippen LogP) is 1.45. The van der Waals surface area contributed by atoms with Gasteiger partial charge in [0.25, 0.3) is 5.91 Å². The van der Waals surface area contributed by atoms with Crippen molar-refractivity contribution in [3.05, 3.63) is 28.9 Å². The number of aromatic nitrogens is 3. The summed E-state index contributed by atoms with van der Waals surface area (Å²) in [6.07, 6.45) is 1.47. The fourth-order valence-electron chi connectivity index (χ4n) is 1.35. The van der Waals surface area contributed by atoms with Gasteiger partial charge in [0.15, 0.2) is 0 Å². The van der Waals surface area contributed by atoms with Gasteiger partial charge in [-0.25, -0.2) is 4.98 Å². The molecule has 2 amide bonds. The summed E-state index contributed by atoms with van der Waals surface area (Å²) in [5.74, 6) is -0.0432. The third-order valence-corrected chi connectivity index (χ3v) is 3.01. The number of hydrogen-bond acceptors (Lipinski definition) is 6. The maximum atomic E-state index is 11.9. The fraction of sp³-hybridized carbons (Fsp3) is 0.182. The van der Waals surface area contributed by atoms with Crippen LogP contribution in [-0.2, 0) is 4.79 Å². The second kappa shape index (κ2) is 5.53. The maximum Gasteiger partial charge on any atom is 0.269 e. The van der Waals surface area contributed by atoms with Crippen molar-refractivity contribution in [2.45, 2.75) is 13.8 Å². The van der Waals surface area contributed by atoms with Gasteiger partial charge in [0.2, 0.25) is 5.91 Å². The molecule has 8 heteroatoms. The van der Waals surface area contributed by atoms with E-state index < -0.39 is 0 Å². The molecule has 2 aromatic heterocycles. The molecule has 7 nitrogen and oxygen atoms in total. The molecule has 0 saturated carbocycles. The summed E-state index contributed by atoms with van der Waals surface area (Å²) in [5, 5.41) is 8.99. The van der Waals surface area contributed by atoms with Gasteiger partial charge in [0.1, 0.15) is 10.7 Å². The average molecular weight is 277 g/mol. The maximum absolute atomic E-state index is 11.9. The number of rotatable bonds is 3. The van der Waals surface area contributed by atoms with E-state index in [1.807, 2.05) is 0 Å². The van der Waals surface area contributed by atoms with E-state index >= 15 is 0 Å². The standard InChI is InChI=1S/C11H11N5O2S/c1-6-10(19-16-15-6)11(18)14-8-3-4-9(12-5-8)13-7(2)17/h3-5H,1-2H3,(H,14,18)(H,12,13,17). The zero-order valence-electron chi connectivity index (χ0n) is 10.3. The molecule has 0 fully saturated rings. The van der Waals surface area contributed by atoms with Crippen LogP contribution in [0.4, 0.5) is 11.5 Å². The van der Waals surface area contributed by atoms with Crippen LogP contribution < -0.4 is 10.6 Å². The monoisotopic (exact) mass is 277 g/mol. The lowest BCUT2D eigenvalue weighted by molar-refractivity contribution is -0.114. The number of pyridine rings is 1. The molecule has 0 aromatic carbocycles. The highest BCUT2D eigenvalue weighted by molar-refractivity contribution is 7.08. The summed E-state index contributed by atoms with van der Waals surface area (Å²) >= 11 is 1.04. The van der Waals surface area contributed by atoms with E-state index in [0.29, 0.717) is 22.1 Å². The van der Waals surface area contributed by atoms with Crippen LogP contribution >= 0.6 is 11.5 Å². The van der Waals surface area contributed by atoms with Crippen LogP contribution in [0.3, 0.4) is 0 Å². The van der Waals surface area contributed by atoms with E-state index in [2.05, 4.69) is 25.2 Å². The van der Waals surface area contributed by atoms with Gasteiger partial charge in [-0.1, -0.05) is 4.49 Å². The lowest BCUT2D eigenvalue weighted by Gasteiger charge is -2.05. The highest BCUT2D eigenvalue weighted by Crippen LogP contribution is 2.14. The zero-order valence-corrected chi connectivity index (χ0v) is 11.1. The second-order valence-electron chi connectivity index (χ2n) is 3.75. The highest BCUT2D eigenvalue weighted by Gasteiger charge is 2.13. The Kier molecular flexibility index (Phi) is 3.81. The second-order valence-corrected chi connectivity index (χ2v) is 4.51. The van der Waals surface area contributed by atoms with Gasteiger partial charge < -0.3 is 10.6 Å². The van der Waals surface area contributed by atoms with Crippen molar-refractivity contribution in [1.82, 2.24) is 14.6 Å². The number of hydrogen-bond donors (Lipinski definition) is 2. The van der Waals surface area contributed by atoms with Gasteiger partial charge in [0, 0.05) is 6.92 Å². The van der Waals surface area contributed by atoms with Crippen molar-refractivity contribution in [2.75, 3.05) is 10.6 Å². The summed E-state index contributed by atoms with van der Waals surface area (Å²) in [5.41, 5.74) is 1.12. The molecule has 2 heterocycles. The van der Waals surface area contributed by atoms with Gasteiger partial charge in [-0.15, -0.1) is 5.10 Å². The third kappa shape index (κ3) is 3.32. The highest BCUT2D eigenvalue weighted by atomic mass is 32.1. The third-order valence-electron chi connectivity index (χ3n) is 2.18. The zero-order chi connectivity index (χ0) is 13.8. The summed E-state index contributed by atoms with van der Waals surface area (Å²) < 4.78 is 3.70. The molecular formula is C11H11N5O2S. The lowest BCUT2D eigenvalue weighted by atomic mass is 10.3. The van der Waals surface area contributed by atoms with Crippen LogP contribution in [0.15, 0.2) is 18.3 Å². The minimum absolute atomic E-state index is 0.198. The number of carbonyl (C=O) groups excluding carboxylic acids is 2. The first-order valence-electron chi connectivity index (χ1n) is 5.40. The molecule has 0 saturated heterocycles. The molecule has 0 spiro atoms. The molecule has 2 N–H and O–H groups in total. The topological polar surface area (TPSA) is 96.9 Å². The quantitative estimate of drug-likeness (QED) is 0.885. The summed E-state index contributed by atoms with van der Waals surface area (Å²) in [4.78, 5) is 27.2. The minimum Gasteiger partial charge on any atom is -0.320 e. The van der Waals surface area contributed by atoms with Crippen molar-refractivity contribution in [3.63, 3.8) is 0 Å². The van der Waals surface area contributed by atoms with Crippen LogP contribution in [0, 0.1) is 6.92 Å². The minimum atomic E-state index is -0.276. The molecule has 2 aromatic rings. The Balaban J connectivity index is 2.06. The number of nitrogens with one attached hydrogen (secondary N) is 2. The molecule has 19 heavy (non-hydrogen) atoms. The van der Waals surface area contributed by atoms with E-state index in [1.54, 1.807) is 19.1 Å². The van der Waals surface area contributed by atoms with Crippen molar-refractivity contribution in [3.8, 4) is 0 Å². The number of carbonyl (C=O) groups is 2. The van der Waals surface area contributed by atoms with Gasteiger partial charge in [-0.2, -0.15) is 0 Å². The van der Waals surface area contributed by atoms with E-state index in [0.717, 1.165) is 11.5 Å². The summed E-state index contributed by atoms with van der Waals surface area (Å²) in [6.45, 7) is 3.12. The molecular weight excluding hydrogens is 266 g/mol. The number of anilines is 2. The summed E-state index contributed by atoms with van der Waals surface area (Å²) in [7, 11) is 0. The predicted molar refractivity (Wildman–Crippen MR) is 71.1 cm³/mol. The number of nitrogens with zero attached hydrogens (tertiary/aromatic N) is 3. The van der Waals surface area contributed by atoms with Crippen LogP contribution in [0.1, 0.15) is 22.3 Å². The molecule has 0 aliphatic heterocycles. The van der Waals surface area contributed by atoms with Gasteiger partial charge in [-0.05, 0) is 30.6 Å². The Morgan fingerprint density at radius 1 is 1.26 bits per heavy atom. The Hall–Kier alpha value is -2.35. The largest absolute Gasteiger partial charge is 0.320 e. The Morgan fingerprint density at radius 2 is 2.05 bits per heavy atom. The van der Waals surface area contributed by atoms with Crippen molar-refractivity contribution >= 4 is 34.9 Å². The number of aryl methyl sites for hydroxylation is 1. The van der Waals surface area contributed by atoms with Gasteiger partial charge >= 0.3 is 0 Å². The molecule has 0 bridgehead atoms. The average Bonchev–Trinajstić information content (AvgIpc) is 2.77. The Morgan fingerprint density at radius 3 is 2.58 bits per heavy atom. The van der Waals surface area contributed by atoms with Crippen LogP contribution in [0.5, 0.6) is 0 Å². The summed E-state index contributed by atoms with van der Waals surface area (Å²) in [6, 6.07) is 3.26. The van der Waals surface area contributed by atoms with Crippen molar-refractivity contribution in [2.24, 2.45) is 0 Å². The van der Waals surface area contributed by atoms with E-state index in [4.69, 9.17) is 0 Å². The number of amides is 2. The molecule has 2 rings (SSSR count). The first-order chi connectivity index (χ1) is 9.06. The first kappa shape index (κ1) is 13.1. The lowest BCUT2D eigenvalue weighted by Crippen LogP contribution is -2.12. The van der Waals surface area contributed by atoms with Crippen LogP contribution in [0.25, 0.3) is 0 Å². The Bertz CT molecular complexity index is 608. The SMILES string of the molecule is CC(=O)Nc1ccc(NC(=O)c2snnc2C)cn1.